The van der Waals surface area contributed by atoms with E-state index in [2.05, 4.69) is 15.0 Å². The number of nitrogens with one attached hydrogen (secondary N) is 1. The average Bonchev–Trinajstić information content (AvgIpc) is 2.46. The van der Waals surface area contributed by atoms with Crippen LogP contribution in [0.3, 0.4) is 0 Å². The standard InChI is InChI=1S/C15H13N3OS/c1-19-9-14-17-13(8-15(20)18-14)11-5-4-10-3-2-6-16-12(10)7-11/h2-8H,9H2,1H3,(H,17,18,20). The van der Waals surface area contributed by atoms with E-state index in [0.717, 1.165) is 28.0 Å². The number of benzene rings is 1. The molecule has 2 aromatic heterocycles. The van der Waals surface area contributed by atoms with Gasteiger partial charge in [0.15, 0.2) is 0 Å². The molecule has 3 rings (SSSR count). The maximum atomic E-state index is 5.19. The lowest BCUT2D eigenvalue weighted by atomic mass is 10.1. The van der Waals surface area contributed by atoms with Crippen LogP contribution in [-0.2, 0) is 11.3 Å². The molecule has 0 aliphatic rings. The van der Waals surface area contributed by atoms with Gasteiger partial charge in [-0.3, -0.25) is 4.98 Å². The first-order chi connectivity index (χ1) is 9.76. The third-order valence-corrected chi connectivity index (χ3v) is 3.20. The van der Waals surface area contributed by atoms with Crippen molar-refractivity contribution < 1.29 is 4.74 Å². The monoisotopic (exact) mass is 283 g/mol. The van der Waals surface area contributed by atoms with E-state index >= 15 is 0 Å². The quantitative estimate of drug-likeness (QED) is 0.747. The Morgan fingerprint density at radius 2 is 2.15 bits per heavy atom. The summed E-state index contributed by atoms with van der Waals surface area (Å²) in [5.41, 5.74) is 2.90. The van der Waals surface area contributed by atoms with Crippen molar-refractivity contribution in [1.82, 2.24) is 15.0 Å². The van der Waals surface area contributed by atoms with E-state index < -0.39 is 0 Å². The Balaban J connectivity index is 2.12. The molecule has 0 saturated heterocycles. The Bertz CT molecular complexity index is 813. The van der Waals surface area contributed by atoms with E-state index in [1.54, 1.807) is 13.3 Å². The Morgan fingerprint density at radius 3 is 3.00 bits per heavy atom. The number of fused-ring (bicyclic) bond motifs is 1. The first-order valence-electron chi connectivity index (χ1n) is 6.20. The highest BCUT2D eigenvalue weighted by molar-refractivity contribution is 7.71. The summed E-state index contributed by atoms with van der Waals surface area (Å²) in [5, 5.41) is 1.11. The number of ether oxygens (including phenoxy) is 1. The molecular weight excluding hydrogens is 270 g/mol. The molecule has 0 fully saturated rings. The molecule has 0 spiro atoms. The van der Waals surface area contributed by atoms with Gasteiger partial charge in [-0.1, -0.05) is 30.4 Å². The average molecular weight is 283 g/mol. The van der Waals surface area contributed by atoms with E-state index in [1.807, 2.05) is 36.4 Å². The lowest BCUT2D eigenvalue weighted by molar-refractivity contribution is 0.177. The Morgan fingerprint density at radius 1 is 1.25 bits per heavy atom. The van der Waals surface area contributed by atoms with E-state index in [-0.39, 0.29) is 0 Å². The van der Waals surface area contributed by atoms with Crippen LogP contribution in [0.4, 0.5) is 0 Å². The third kappa shape index (κ3) is 2.59. The number of nitrogens with zero attached hydrogens (tertiary/aromatic N) is 2. The van der Waals surface area contributed by atoms with Crippen LogP contribution in [0, 0.1) is 4.64 Å². The highest BCUT2D eigenvalue weighted by Crippen LogP contribution is 2.21. The van der Waals surface area contributed by atoms with Gasteiger partial charge in [0.05, 0.1) is 5.52 Å². The van der Waals surface area contributed by atoms with Gasteiger partial charge in [-0.15, -0.1) is 0 Å². The van der Waals surface area contributed by atoms with Crippen molar-refractivity contribution in [2.24, 2.45) is 0 Å². The van der Waals surface area contributed by atoms with Crippen molar-refractivity contribution in [2.75, 3.05) is 7.11 Å². The Kier molecular flexibility index (Phi) is 3.54. The summed E-state index contributed by atoms with van der Waals surface area (Å²) < 4.78 is 5.64. The van der Waals surface area contributed by atoms with Crippen molar-refractivity contribution in [1.29, 1.82) is 0 Å². The SMILES string of the molecule is COCc1nc(=S)cc(-c2ccc3cccnc3c2)[nH]1. The minimum absolute atomic E-state index is 0.406. The molecular formula is C15H13N3OS. The Labute approximate surface area is 121 Å². The zero-order chi connectivity index (χ0) is 13.9. The largest absolute Gasteiger partial charge is 0.377 e. The fourth-order valence-electron chi connectivity index (χ4n) is 2.10. The van der Waals surface area contributed by atoms with Crippen LogP contribution < -0.4 is 0 Å². The minimum Gasteiger partial charge on any atom is -0.377 e. The highest BCUT2D eigenvalue weighted by Gasteiger charge is 2.03. The van der Waals surface area contributed by atoms with Crippen LogP contribution >= 0.6 is 12.2 Å². The summed E-state index contributed by atoms with van der Waals surface area (Å²) in [6, 6.07) is 11.9. The molecule has 0 aliphatic carbocycles. The maximum Gasteiger partial charge on any atom is 0.134 e. The number of aromatic amines is 1. The predicted octanol–water partition coefficient (Wildman–Crippen LogP) is 3.50. The molecule has 1 N–H and O–H groups in total. The molecule has 5 heteroatoms. The van der Waals surface area contributed by atoms with Gasteiger partial charge >= 0.3 is 0 Å². The van der Waals surface area contributed by atoms with Crippen molar-refractivity contribution in [3.63, 3.8) is 0 Å². The lowest BCUT2D eigenvalue weighted by Gasteiger charge is -2.06. The van der Waals surface area contributed by atoms with E-state index in [0.29, 0.717) is 11.2 Å². The number of pyridine rings is 1. The molecule has 100 valence electrons. The van der Waals surface area contributed by atoms with E-state index in [1.165, 1.54) is 0 Å². The number of hydrogen-bond donors (Lipinski definition) is 1. The van der Waals surface area contributed by atoms with Gasteiger partial charge in [0.25, 0.3) is 0 Å². The molecule has 0 aliphatic heterocycles. The van der Waals surface area contributed by atoms with Gasteiger partial charge in [-0.05, 0) is 18.2 Å². The van der Waals surface area contributed by atoms with Gasteiger partial charge in [-0.25, -0.2) is 4.98 Å². The van der Waals surface area contributed by atoms with Crippen molar-refractivity contribution in [3.05, 3.63) is 53.1 Å². The number of H-pyrrole nitrogens is 1. The predicted molar refractivity (Wildman–Crippen MR) is 80.9 cm³/mol. The second kappa shape index (κ2) is 5.48. The van der Waals surface area contributed by atoms with Gasteiger partial charge in [0, 0.05) is 30.0 Å². The molecule has 3 aromatic rings. The molecule has 0 bridgehead atoms. The van der Waals surface area contributed by atoms with Gasteiger partial charge in [-0.2, -0.15) is 0 Å². The fourth-order valence-corrected chi connectivity index (χ4v) is 2.33. The number of hydrogen-bond acceptors (Lipinski definition) is 4. The van der Waals surface area contributed by atoms with Gasteiger partial charge < -0.3 is 9.72 Å². The van der Waals surface area contributed by atoms with E-state index in [4.69, 9.17) is 17.0 Å². The second-order valence-corrected chi connectivity index (χ2v) is 4.84. The smallest absolute Gasteiger partial charge is 0.134 e. The van der Waals surface area contributed by atoms with Crippen molar-refractivity contribution in [3.8, 4) is 11.3 Å². The van der Waals surface area contributed by atoms with Crippen LogP contribution in [0.25, 0.3) is 22.2 Å². The van der Waals surface area contributed by atoms with Crippen LogP contribution in [0.2, 0.25) is 0 Å². The molecule has 0 unspecified atom stereocenters. The zero-order valence-electron chi connectivity index (χ0n) is 11.0. The summed E-state index contributed by atoms with van der Waals surface area (Å²) in [6.07, 6.45) is 1.79. The summed E-state index contributed by atoms with van der Waals surface area (Å²) in [4.78, 5) is 11.8. The molecule has 0 saturated carbocycles. The van der Waals surface area contributed by atoms with Crippen molar-refractivity contribution in [2.45, 2.75) is 6.61 Å². The summed E-state index contributed by atoms with van der Waals surface area (Å²) in [7, 11) is 1.63. The van der Waals surface area contributed by atoms with Crippen molar-refractivity contribution >= 4 is 23.1 Å². The molecule has 20 heavy (non-hydrogen) atoms. The van der Waals surface area contributed by atoms with Crippen LogP contribution in [0.1, 0.15) is 5.82 Å². The normalized spacial score (nSPS) is 10.8. The zero-order valence-corrected chi connectivity index (χ0v) is 11.8. The third-order valence-electron chi connectivity index (χ3n) is 2.99. The number of methoxy groups -OCH3 is 1. The minimum atomic E-state index is 0.406. The Hall–Kier alpha value is -2.11. The molecule has 4 nitrogen and oxygen atoms in total. The molecule has 0 atom stereocenters. The molecule has 1 aromatic carbocycles. The van der Waals surface area contributed by atoms with E-state index in [9.17, 15) is 0 Å². The molecule has 0 radical (unpaired) electrons. The molecule has 2 heterocycles. The number of aromatic nitrogens is 3. The first-order valence-corrected chi connectivity index (χ1v) is 6.61. The fraction of sp³-hybridized carbons (Fsp3) is 0.133. The lowest BCUT2D eigenvalue weighted by Crippen LogP contribution is -1.98. The van der Waals surface area contributed by atoms with Crippen LogP contribution in [0.5, 0.6) is 0 Å². The summed E-state index contributed by atoms with van der Waals surface area (Å²) >= 11 is 5.19. The maximum absolute atomic E-state index is 5.19. The summed E-state index contributed by atoms with van der Waals surface area (Å²) in [5.74, 6) is 0.719. The highest BCUT2D eigenvalue weighted by atomic mass is 32.1. The molecule has 0 amide bonds. The topological polar surface area (TPSA) is 50.8 Å². The van der Waals surface area contributed by atoms with Gasteiger partial charge in [0.1, 0.15) is 17.1 Å². The second-order valence-electron chi connectivity index (χ2n) is 4.42. The van der Waals surface area contributed by atoms with Crippen LogP contribution in [0.15, 0.2) is 42.6 Å². The van der Waals surface area contributed by atoms with Gasteiger partial charge in [0.2, 0.25) is 0 Å². The first kappa shape index (κ1) is 12.9. The number of rotatable bonds is 3. The summed E-state index contributed by atoms with van der Waals surface area (Å²) in [6.45, 7) is 0.406. The van der Waals surface area contributed by atoms with Crippen LogP contribution in [-0.4, -0.2) is 22.1 Å².